The number of likely N-dealkylation sites (tertiary alicyclic amines) is 1. The topological polar surface area (TPSA) is 94.1 Å². The molecule has 1 saturated carbocycles. The first-order valence-corrected chi connectivity index (χ1v) is 17.4. The molecule has 1 saturated heterocycles. The number of hydrogen-bond acceptors (Lipinski definition) is 7. The van der Waals surface area contributed by atoms with Crippen LogP contribution in [-0.4, -0.2) is 68.7 Å². The summed E-state index contributed by atoms with van der Waals surface area (Å²) in [6.45, 7) is 8.10. The molecule has 2 fully saturated rings. The van der Waals surface area contributed by atoms with Crippen molar-refractivity contribution in [3.8, 4) is 0 Å². The van der Waals surface area contributed by atoms with E-state index in [0.717, 1.165) is 43.3 Å². The van der Waals surface area contributed by atoms with E-state index in [9.17, 15) is 14.3 Å². The predicted octanol–water partition coefficient (Wildman–Crippen LogP) is 6.54. The first-order valence-electron chi connectivity index (χ1n) is 15.9. The molecule has 2 rings (SSSR count). The zero-order valence-electron chi connectivity index (χ0n) is 25.4. The van der Waals surface area contributed by atoms with Crippen molar-refractivity contribution in [2.45, 2.75) is 142 Å². The Kier molecular flexibility index (Phi) is 16.8. The maximum absolute atomic E-state index is 12.6. The van der Waals surface area contributed by atoms with Crippen molar-refractivity contribution in [2.24, 2.45) is 5.92 Å². The van der Waals surface area contributed by atoms with Gasteiger partial charge in [-0.05, 0) is 19.8 Å². The highest BCUT2D eigenvalue weighted by atomic mass is 31.2. The first-order chi connectivity index (χ1) is 18.7. The zero-order valence-corrected chi connectivity index (χ0v) is 26.3. The standard InChI is InChI=1S/C30H58NO7P/c1-5-7-8-9-10-11-12-13-14-15-16-17-18-19-20-35-24-28(37-26(3)32)25-36-39(33,34)38-30-22-27-21-29(30)31(4,6-2)23-27/h27-30H,5-25H2,1-4H3. The average molecular weight is 576 g/mol. The number of likely N-dealkylation sites (N-methyl/N-ethyl adjacent to an activating group) is 1. The molecule has 230 valence electrons. The monoisotopic (exact) mass is 575 g/mol. The molecule has 0 radical (unpaired) electrons. The average Bonchev–Trinajstić information content (AvgIpc) is 3.43. The van der Waals surface area contributed by atoms with Gasteiger partial charge in [-0.15, -0.1) is 0 Å². The van der Waals surface area contributed by atoms with Crippen LogP contribution >= 0.6 is 7.82 Å². The Balaban J connectivity index is 1.52. The molecule has 0 aromatic carbocycles. The molecule has 2 aliphatic rings. The van der Waals surface area contributed by atoms with E-state index in [-0.39, 0.29) is 25.4 Å². The highest BCUT2D eigenvalue weighted by Crippen LogP contribution is 2.50. The largest absolute Gasteiger partial charge is 0.756 e. The zero-order chi connectivity index (χ0) is 28.6. The third-order valence-corrected chi connectivity index (χ3v) is 9.72. The summed E-state index contributed by atoms with van der Waals surface area (Å²) in [5.41, 5.74) is 0. The number of esters is 1. The molecule has 0 aromatic rings. The normalized spacial score (nSPS) is 26.5. The van der Waals surface area contributed by atoms with E-state index in [1.165, 1.54) is 84.0 Å². The number of rotatable bonds is 24. The summed E-state index contributed by atoms with van der Waals surface area (Å²) in [4.78, 5) is 24.1. The lowest BCUT2D eigenvalue weighted by atomic mass is 10.0. The number of carbonyl (C=O) groups is 1. The van der Waals surface area contributed by atoms with Crippen LogP contribution in [0.2, 0.25) is 0 Å². The highest BCUT2D eigenvalue weighted by Gasteiger charge is 2.55. The predicted molar refractivity (Wildman–Crippen MR) is 153 cm³/mol. The number of carbonyl (C=O) groups excluding carboxylic acids is 1. The van der Waals surface area contributed by atoms with Gasteiger partial charge in [-0.3, -0.25) is 9.36 Å². The second-order valence-corrected chi connectivity index (χ2v) is 13.5. The molecular weight excluding hydrogens is 517 g/mol. The van der Waals surface area contributed by atoms with Crippen LogP contribution in [0.15, 0.2) is 0 Å². The molecule has 0 spiro atoms. The van der Waals surface area contributed by atoms with Crippen molar-refractivity contribution < 1.29 is 37.3 Å². The Morgan fingerprint density at radius 2 is 1.46 bits per heavy atom. The molecule has 1 heterocycles. The van der Waals surface area contributed by atoms with Crippen LogP contribution in [0.3, 0.4) is 0 Å². The molecule has 1 aliphatic carbocycles. The third-order valence-electron chi connectivity index (χ3n) is 8.73. The Morgan fingerprint density at radius 1 is 0.897 bits per heavy atom. The van der Waals surface area contributed by atoms with Crippen LogP contribution in [0, 0.1) is 5.92 Å². The van der Waals surface area contributed by atoms with Crippen LogP contribution < -0.4 is 4.89 Å². The van der Waals surface area contributed by atoms with E-state index in [2.05, 4.69) is 20.9 Å². The third kappa shape index (κ3) is 13.8. The van der Waals surface area contributed by atoms with Crippen LogP contribution in [0.1, 0.15) is 124 Å². The molecule has 39 heavy (non-hydrogen) atoms. The Bertz CT molecular complexity index is 723. The number of hydrogen-bond donors (Lipinski definition) is 0. The van der Waals surface area contributed by atoms with Gasteiger partial charge in [0.1, 0.15) is 18.2 Å². The molecule has 0 N–H and O–H groups in total. The number of ether oxygens (including phenoxy) is 2. The molecular formula is C30H58NO7P. The maximum atomic E-state index is 12.6. The SMILES string of the molecule is CCCCCCCCCCCCCCCCOCC(COP(=O)([O-])OC1CC2CC1[N+](C)(CC)C2)OC(C)=O. The summed E-state index contributed by atoms with van der Waals surface area (Å²) in [6.07, 6.45) is 18.8. The van der Waals surface area contributed by atoms with Gasteiger partial charge in [0.2, 0.25) is 0 Å². The number of unbranched alkanes of at least 4 members (excludes halogenated alkanes) is 13. The van der Waals surface area contributed by atoms with Gasteiger partial charge in [0, 0.05) is 25.9 Å². The summed E-state index contributed by atoms with van der Waals surface area (Å²) in [5.74, 6) is 0.0107. The fourth-order valence-corrected chi connectivity index (χ4v) is 7.39. The summed E-state index contributed by atoms with van der Waals surface area (Å²) >= 11 is 0. The van der Waals surface area contributed by atoms with Gasteiger partial charge in [-0.25, -0.2) is 0 Å². The minimum Gasteiger partial charge on any atom is -0.756 e. The fraction of sp³-hybridized carbons (Fsp3) is 0.967. The molecule has 6 atom stereocenters. The summed E-state index contributed by atoms with van der Waals surface area (Å²) in [7, 11) is -2.35. The van der Waals surface area contributed by atoms with Gasteiger partial charge in [-0.2, -0.15) is 0 Å². The Labute approximate surface area is 238 Å². The van der Waals surface area contributed by atoms with Crippen molar-refractivity contribution in [1.29, 1.82) is 0 Å². The van der Waals surface area contributed by atoms with Crippen LogP contribution in [0.25, 0.3) is 0 Å². The van der Waals surface area contributed by atoms with E-state index >= 15 is 0 Å². The number of phosphoric acid groups is 1. The lowest BCUT2D eigenvalue weighted by Gasteiger charge is -2.42. The summed E-state index contributed by atoms with van der Waals surface area (Å²) < 4.78 is 35.0. The van der Waals surface area contributed by atoms with Gasteiger partial charge in [0.25, 0.3) is 7.82 Å². The van der Waals surface area contributed by atoms with Crippen LogP contribution in [0.4, 0.5) is 0 Å². The Hall–Kier alpha value is -0.500. The van der Waals surface area contributed by atoms with Crippen molar-refractivity contribution in [2.75, 3.05) is 40.0 Å². The Morgan fingerprint density at radius 3 is 1.97 bits per heavy atom. The molecule has 9 heteroatoms. The minimum absolute atomic E-state index is 0.108. The first kappa shape index (κ1) is 34.7. The smallest absolute Gasteiger partial charge is 0.303 e. The second kappa shape index (κ2) is 18.8. The molecule has 8 nitrogen and oxygen atoms in total. The van der Waals surface area contributed by atoms with Crippen molar-refractivity contribution >= 4 is 13.8 Å². The van der Waals surface area contributed by atoms with E-state index in [0.29, 0.717) is 12.5 Å². The summed E-state index contributed by atoms with van der Waals surface area (Å²) in [5, 5.41) is 0. The van der Waals surface area contributed by atoms with E-state index in [1.54, 1.807) is 0 Å². The molecule has 1 aliphatic heterocycles. The number of piperidine rings is 1. The van der Waals surface area contributed by atoms with E-state index in [1.807, 2.05) is 0 Å². The van der Waals surface area contributed by atoms with Gasteiger partial charge >= 0.3 is 5.97 Å². The lowest BCUT2D eigenvalue weighted by Crippen LogP contribution is -2.55. The van der Waals surface area contributed by atoms with Crippen LogP contribution in [-0.2, 0) is 27.9 Å². The van der Waals surface area contributed by atoms with E-state index < -0.39 is 19.9 Å². The number of phosphoric ester groups is 1. The number of quaternary nitrogens is 1. The van der Waals surface area contributed by atoms with Gasteiger partial charge in [0.15, 0.2) is 0 Å². The lowest BCUT2D eigenvalue weighted by molar-refractivity contribution is -0.927. The van der Waals surface area contributed by atoms with Crippen LogP contribution in [0.5, 0.6) is 0 Å². The second-order valence-electron chi connectivity index (χ2n) is 12.2. The summed E-state index contributed by atoms with van der Waals surface area (Å²) in [6, 6.07) is 0.184. The van der Waals surface area contributed by atoms with Crippen molar-refractivity contribution in [1.82, 2.24) is 0 Å². The minimum atomic E-state index is -4.52. The van der Waals surface area contributed by atoms with Crippen molar-refractivity contribution in [3.05, 3.63) is 0 Å². The molecule has 6 unspecified atom stereocenters. The fourth-order valence-electron chi connectivity index (χ4n) is 6.42. The maximum Gasteiger partial charge on any atom is 0.303 e. The molecule has 2 bridgehead atoms. The number of nitrogens with zero attached hydrogens (tertiary/aromatic N) is 1. The molecule has 0 amide bonds. The highest BCUT2D eigenvalue weighted by molar-refractivity contribution is 7.45. The number of fused-ring (bicyclic) bond motifs is 2. The van der Waals surface area contributed by atoms with Gasteiger partial charge < -0.3 is 27.9 Å². The van der Waals surface area contributed by atoms with Gasteiger partial charge in [-0.1, -0.05) is 90.4 Å². The quantitative estimate of drug-likeness (QED) is 0.0558. The van der Waals surface area contributed by atoms with Gasteiger partial charge in [0.05, 0.1) is 33.4 Å². The molecule has 0 aromatic heterocycles. The van der Waals surface area contributed by atoms with E-state index in [4.69, 9.17) is 18.5 Å². The van der Waals surface area contributed by atoms with Crippen molar-refractivity contribution in [3.63, 3.8) is 0 Å².